The molecule has 9 nitrogen and oxygen atoms in total. The number of tetrazole rings is 1. The average molecular weight is 479 g/mol. The van der Waals surface area contributed by atoms with Crippen molar-refractivity contribution in [1.82, 2.24) is 25.5 Å². The fourth-order valence-electron chi connectivity index (χ4n) is 2.71. The largest absolute Gasteiger partial charge is 0.493 e. The van der Waals surface area contributed by atoms with E-state index < -0.39 is 0 Å². The molecule has 0 saturated carbocycles. The van der Waals surface area contributed by atoms with Crippen LogP contribution in [0.3, 0.4) is 0 Å². The van der Waals surface area contributed by atoms with Gasteiger partial charge < -0.3 is 20.1 Å². The first-order chi connectivity index (χ1) is 15.0. The summed E-state index contributed by atoms with van der Waals surface area (Å²) in [5.41, 5.74) is 2.93. The lowest BCUT2D eigenvalue weighted by Gasteiger charge is -2.13. The SMILES string of the molecule is COc1cc(CNCCSc2nnnn2C)ccc1OCC(=O)Nc1ccc(C)cc1.Cl. The number of anilines is 1. The summed E-state index contributed by atoms with van der Waals surface area (Å²) in [4.78, 5) is 12.1. The van der Waals surface area contributed by atoms with Gasteiger partial charge in [-0.25, -0.2) is 4.68 Å². The summed E-state index contributed by atoms with van der Waals surface area (Å²) in [5.74, 6) is 1.73. The number of benzene rings is 2. The number of carbonyl (C=O) groups excluding carboxylic acids is 1. The summed E-state index contributed by atoms with van der Waals surface area (Å²) >= 11 is 1.59. The van der Waals surface area contributed by atoms with Crippen LogP contribution in [0.4, 0.5) is 5.69 Å². The highest BCUT2D eigenvalue weighted by atomic mass is 35.5. The molecule has 1 amide bonds. The van der Waals surface area contributed by atoms with Gasteiger partial charge in [0.1, 0.15) is 0 Å². The van der Waals surface area contributed by atoms with Crippen LogP contribution < -0.4 is 20.1 Å². The Labute approximate surface area is 197 Å². The topological polar surface area (TPSA) is 103 Å². The molecule has 0 aliphatic rings. The lowest BCUT2D eigenvalue weighted by Crippen LogP contribution is -2.20. The molecule has 0 aliphatic carbocycles. The van der Waals surface area contributed by atoms with Crippen LogP contribution in [0.1, 0.15) is 11.1 Å². The molecule has 0 unspecified atom stereocenters. The molecule has 0 spiro atoms. The van der Waals surface area contributed by atoms with Gasteiger partial charge in [0.2, 0.25) is 5.16 Å². The number of aryl methyl sites for hydroxylation is 2. The number of thioether (sulfide) groups is 1. The fourth-order valence-corrected chi connectivity index (χ4v) is 3.46. The number of hydrogen-bond donors (Lipinski definition) is 2. The molecule has 3 rings (SSSR count). The van der Waals surface area contributed by atoms with E-state index in [1.165, 1.54) is 0 Å². The van der Waals surface area contributed by atoms with Crippen LogP contribution in [0.25, 0.3) is 0 Å². The van der Waals surface area contributed by atoms with Crippen LogP contribution in [-0.4, -0.2) is 52.1 Å². The Kier molecular flexibility index (Phi) is 10.3. The summed E-state index contributed by atoms with van der Waals surface area (Å²) in [7, 11) is 3.40. The maximum absolute atomic E-state index is 12.1. The first-order valence-electron chi connectivity index (χ1n) is 9.77. The number of methoxy groups -OCH3 is 1. The molecule has 32 heavy (non-hydrogen) atoms. The van der Waals surface area contributed by atoms with E-state index in [0.29, 0.717) is 18.0 Å². The second-order valence-corrected chi connectivity index (χ2v) is 7.86. The number of halogens is 1. The lowest BCUT2D eigenvalue weighted by molar-refractivity contribution is -0.118. The van der Waals surface area contributed by atoms with Crippen molar-refractivity contribution in [2.75, 3.05) is 31.3 Å². The molecule has 3 aromatic rings. The number of carbonyl (C=O) groups is 1. The van der Waals surface area contributed by atoms with E-state index in [1.54, 1.807) is 23.6 Å². The van der Waals surface area contributed by atoms with Crippen molar-refractivity contribution in [1.29, 1.82) is 0 Å². The van der Waals surface area contributed by atoms with Gasteiger partial charge in [0.05, 0.1) is 7.11 Å². The van der Waals surface area contributed by atoms with Crippen molar-refractivity contribution >= 4 is 35.8 Å². The Morgan fingerprint density at radius 3 is 2.62 bits per heavy atom. The van der Waals surface area contributed by atoms with Crippen LogP contribution in [0.5, 0.6) is 11.5 Å². The highest BCUT2D eigenvalue weighted by Gasteiger charge is 2.09. The van der Waals surface area contributed by atoms with E-state index in [-0.39, 0.29) is 24.9 Å². The summed E-state index contributed by atoms with van der Waals surface area (Å²) in [6.45, 7) is 3.38. The molecule has 0 aliphatic heterocycles. The molecule has 0 bridgehead atoms. The molecule has 2 N–H and O–H groups in total. The third-order valence-electron chi connectivity index (χ3n) is 4.34. The zero-order valence-corrected chi connectivity index (χ0v) is 19.8. The van der Waals surface area contributed by atoms with E-state index in [0.717, 1.165) is 34.3 Å². The van der Waals surface area contributed by atoms with E-state index >= 15 is 0 Å². The van der Waals surface area contributed by atoms with Crippen molar-refractivity contribution in [3.63, 3.8) is 0 Å². The molecule has 1 aromatic heterocycles. The number of aromatic nitrogens is 4. The first kappa shape index (κ1) is 25.4. The van der Waals surface area contributed by atoms with E-state index in [4.69, 9.17) is 9.47 Å². The molecule has 11 heteroatoms. The number of nitrogens with one attached hydrogen (secondary N) is 2. The maximum Gasteiger partial charge on any atom is 0.262 e. The molecular weight excluding hydrogens is 452 g/mol. The second-order valence-electron chi connectivity index (χ2n) is 6.80. The molecule has 172 valence electrons. The predicted octanol–water partition coefficient (Wildman–Crippen LogP) is 2.85. The number of amides is 1. The van der Waals surface area contributed by atoms with Gasteiger partial charge in [-0.3, -0.25) is 4.79 Å². The third kappa shape index (κ3) is 7.70. The van der Waals surface area contributed by atoms with Gasteiger partial charge >= 0.3 is 0 Å². The van der Waals surface area contributed by atoms with Crippen molar-refractivity contribution in [3.05, 3.63) is 53.6 Å². The minimum atomic E-state index is -0.229. The summed E-state index contributed by atoms with van der Waals surface area (Å²) < 4.78 is 12.7. The van der Waals surface area contributed by atoms with Crippen molar-refractivity contribution < 1.29 is 14.3 Å². The normalized spacial score (nSPS) is 10.3. The highest BCUT2D eigenvalue weighted by molar-refractivity contribution is 7.99. The van der Waals surface area contributed by atoms with Crippen molar-refractivity contribution in [2.24, 2.45) is 7.05 Å². The number of nitrogens with zero attached hydrogens (tertiary/aromatic N) is 4. The zero-order chi connectivity index (χ0) is 22.1. The van der Waals surface area contributed by atoms with Crippen molar-refractivity contribution in [3.8, 4) is 11.5 Å². The van der Waals surface area contributed by atoms with Crippen LogP contribution >= 0.6 is 24.2 Å². The molecule has 2 aromatic carbocycles. The maximum atomic E-state index is 12.1. The van der Waals surface area contributed by atoms with E-state index in [1.807, 2.05) is 56.4 Å². The smallest absolute Gasteiger partial charge is 0.262 e. The fraction of sp³-hybridized carbons (Fsp3) is 0.333. The quantitative estimate of drug-likeness (QED) is 0.320. The van der Waals surface area contributed by atoms with Crippen LogP contribution in [-0.2, 0) is 18.4 Å². The van der Waals surface area contributed by atoms with Gasteiger partial charge in [-0.05, 0) is 47.2 Å². The Hall–Kier alpha value is -2.82. The molecule has 0 atom stereocenters. The highest BCUT2D eigenvalue weighted by Crippen LogP contribution is 2.28. The third-order valence-corrected chi connectivity index (χ3v) is 5.35. The number of hydrogen-bond acceptors (Lipinski definition) is 8. The van der Waals surface area contributed by atoms with Gasteiger partial charge in [-0.2, -0.15) is 0 Å². The predicted molar refractivity (Wildman–Crippen MR) is 127 cm³/mol. The Bertz CT molecular complexity index is 999. The average Bonchev–Trinajstić information content (AvgIpc) is 3.18. The Morgan fingerprint density at radius 1 is 1.16 bits per heavy atom. The van der Waals surface area contributed by atoms with E-state index in [2.05, 4.69) is 26.2 Å². The first-order valence-corrected chi connectivity index (χ1v) is 10.8. The minimum absolute atomic E-state index is 0. The molecule has 0 saturated heterocycles. The summed E-state index contributed by atoms with van der Waals surface area (Å²) in [5, 5.41) is 18.3. The van der Waals surface area contributed by atoms with Crippen LogP contribution in [0.15, 0.2) is 47.6 Å². The van der Waals surface area contributed by atoms with Gasteiger partial charge in [-0.1, -0.05) is 35.5 Å². The summed E-state index contributed by atoms with van der Waals surface area (Å²) in [6, 6.07) is 13.3. The molecule has 0 fully saturated rings. The minimum Gasteiger partial charge on any atom is -0.493 e. The van der Waals surface area contributed by atoms with Crippen LogP contribution in [0, 0.1) is 6.92 Å². The van der Waals surface area contributed by atoms with Crippen LogP contribution in [0.2, 0.25) is 0 Å². The standard InChI is InChI=1S/C21H26N6O3S.ClH/c1-15-4-7-17(8-5-15)23-20(28)14-30-18-9-6-16(12-19(18)29-3)13-22-10-11-31-21-24-25-26-27(21)2;/h4-9,12,22H,10-11,13-14H2,1-3H3,(H,23,28);1H. The molecule has 1 heterocycles. The molecule has 0 radical (unpaired) electrons. The Morgan fingerprint density at radius 2 is 1.94 bits per heavy atom. The molecular formula is C21H27ClN6O3S. The second kappa shape index (κ2) is 12.9. The number of ether oxygens (including phenoxy) is 2. The summed E-state index contributed by atoms with van der Waals surface area (Å²) in [6.07, 6.45) is 0. The van der Waals surface area contributed by atoms with Gasteiger partial charge in [0.25, 0.3) is 5.91 Å². The van der Waals surface area contributed by atoms with Crippen molar-refractivity contribution in [2.45, 2.75) is 18.6 Å². The van der Waals surface area contributed by atoms with Gasteiger partial charge in [-0.15, -0.1) is 17.5 Å². The van der Waals surface area contributed by atoms with Gasteiger partial charge in [0, 0.05) is 31.6 Å². The monoisotopic (exact) mass is 478 g/mol. The lowest BCUT2D eigenvalue weighted by atomic mass is 10.2. The van der Waals surface area contributed by atoms with Gasteiger partial charge in [0.15, 0.2) is 18.1 Å². The zero-order valence-electron chi connectivity index (χ0n) is 18.2. The Balaban J connectivity index is 0.00000363. The number of rotatable bonds is 11. The van der Waals surface area contributed by atoms with E-state index in [9.17, 15) is 4.79 Å².